The largest absolute Gasteiger partial charge is 0.365 e. The van der Waals surface area contributed by atoms with Crippen LogP contribution in [0.1, 0.15) is 50.1 Å². The Hall–Kier alpha value is -0.760. The zero-order valence-corrected chi connectivity index (χ0v) is 12.0. The van der Waals surface area contributed by atoms with Gasteiger partial charge in [-0.05, 0) is 80.9 Å². The van der Waals surface area contributed by atoms with Gasteiger partial charge in [0.2, 0.25) is 0 Å². The quantitative estimate of drug-likeness (QED) is 0.849. The fraction of sp³-hybridized carbons (Fsp3) is 0.765. The molecule has 4 aliphatic rings. The summed E-state index contributed by atoms with van der Waals surface area (Å²) in [6, 6.07) is 4.47. The zero-order valence-electron chi connectivity index (χ0n) is 12.0. The van der Waals surface area contributed by atoms with E-state index in [-0.39, 0.29) is 0 Å². The fourth-order valence-corrected chi connectivity index (χ4v) is 6.03. The summed E-state index contributed by atoms with van der Waals surface area (Å²) in [6.45, 7) is 1.13. The van der Waals surface area contributed by atoms with Crippen LogP contribution >= 0.6 is 0 Å². The van der Waals surface area contributed by atoms with Crippen molar-refractivity contribution in [3.8, 4) is 0 Å². The van der Waals surface area contributed by atoms with Crippen LogP contribution in [0.25, 0.3) is 0 Å². The van der Waals surface area contributed by atoms with Crippen LogP contribution in [0.2, 0.25) is 0 Å². The summed E-state index contributed by atoms with van der Waals surface area (Å²) >= 11 is 0. The summed E-state index contributed by atoms with van der Waals surface area (Å²) in [5.74, 6) is 3.82. The Kier molecular flexibility index (Phi) is 2.77. The number of rotatable bonds is 4. The Morgan fingerprint density at radius 2 is 1.84 bits per heavy atom. The molecule has 2 heteroatoms. The first kappa shape index (κ1) is 12.0. The number of aromatic nitrogens is 1. The second-order valence-electron chi connectivity index (χ2n) is 7.52. The summed E-state index contributed by atoms with van der Waals surface area (Å²) in [5.41, 5.74) is 2.07. The number of hydrogen-bond donors (Lipinski definition) is 2. The molecule has 0 aromatic carbocycles. The van der Waals surface area contributed by atoms with Crippen LogP contribution in [-0.4, -0.2) is 18.6 Å². The molecule has 4 aliphatic carbocycles. The Bertz CT molecular complexity index is 399. The fourth-order valence-electron chi connectivity index (χ4n) is 6.03. The van der Waals surface area contributed by atoms with E-state index in [0.717, 1.165) is 24.3 Å². The van der Waals surface area contributed by atoms with Gasteiger partial charge in [0.25, 0.3) is 0 Å². The minimum atomic E-state index is 0.600. The molecule has 2 nitrogen and oxygen atoms in total. The minimum Gasteiger partial charge on any atom is -0.365 e. The van der Waals surface area contributed by atoms with E-state index in [2.05, 4.69) is 35.7 Å². The molecule has 1 atom stereocenters. The van der Waals surface area contributed by atoms with E-state index in [1.54, 1.807) is 0 Å². The molecular formula is C17H26N2. The first-order valence-corrected chi connectivity index (χ1v) is 8.07. The lowest BCUT2D eigenvalue weighted by molar-refractivity contribution is -0.0687. The van der Waals surface area contributed by atoms with Gasteiger partial charge in [-0.2, -0.15) is 0 Å². The summed E-state index contributed by atoms with van der Waals surface area (Å²) in [6.07, 6.45) is 11.2. The third-order valence-electron chi connectivity index (χ3n) is 6.23. The first-order valence-electron chi connectivity index (χ1n) is 8.07. The molecule has 0 radical (unpaired) electrons. The van der Waals surface area contributed by atoms with Gasteiger partial charge in [0.05, 0.1) is 0 Å². The van der Waals surface area contributed by atoms with Crippen LogP contribution in [0.3, 0.4) is 0 Å². The van der Waals surface area contributed by atoms with E-state index in [0.29, 0.717) is 11.3 Å². The Balaban J connectivity index is 1.68. The number of H-pyrrole nitrogens is 1. The average Bonchev–Trinajstić information content (AvgIpc) is 2.87. The molecule has 2 N–H and O–H groups in total. The topological polar surface area (TPSA) is 27.8 Å². The molecule has 0 amide bonds. The molecule has 0 aliphatic heterocycles. The third-order valence-corrected chi connectivity index (χ3v) is 6.23. The van der Waals surface area contributed by atoms with Crippen LogP contribution in [0.15, 0.2) is 18.3 Å². The molecule has 4 bridgehead atoms. The molecule has 1 unspecified atom stereocenters. The first-order chi connectivity index (χ1) is 9.29. The predicted octanol–water partition coefficient (Wildman–Crippen LogP) is 3.53. The number of likely N-dealkylation sites (N-methyl/N-ethyl adjacent to an activating group) is 1. The van der Waals surface area contributed by atoms with Gasteiger partial charge in [0.1, 0.15) is 0 Å². The third kappa shape index (κ3) is 1.87. The predicted molar refractivity (Wildman–Crippen MR) is 78.1 cm³/mol. The lowest BCUT2D eigenvalue weighted by Gasteiger charge is -2.59. The normalized spacial score (nSPS) is 41.6. The van der Waals surface area contributed by atoms with E-state index < -0.39 is 0 Å². The molecule has 19 heavy (non-hydrogen) atoms. The van der Waals surface area contributed by atoms with Gasteiger partial charge >= 0.3 is 0 Å². The van der Waals surface area contributed by atoms with Gasteiger partial charge in [-0.15, -0.1) is 0 Å². The Morgan fingerprint density at radius 3 is 2.32 bits per heavy atom. The smallest absolute Gasteiger partial charge is 0.0197 e. The lowest BCUT2D eigenvalue weighted by atomic mass is 9.46. The number of hydrogen-bond acceptors (Lipinski definition) is 1. The van der Waals surface area contributed by atoms with Crippen molar-refractivity contribution in [1.29, 1.82) is 0 Å². The number of aromatic amines is 1. The van der Waals surface area contributed by atoms with E-state index >= 15 is 0 Å². The van der Waals surface area contributed by atoms with Crippen molar-refractivity contribution >= 4 is 0 Å². The van der Waals surface area contributed by atoms with E-state index in [4.69, 9.17) is 0 Å². The van der Waals surface area contributed by atoms with Crippen molar-refractivity contribution in [2.45, 2.75) is 44.4 Å². The molecule has 1 aromatic rings. The molecule has 1 heterocycles. The van der Waals surface area contributed by atoms with Gasteiger partial charge in [-0.3, -0.25) is 0 Å². The molecule has 5 rings (SSSR count). The van der Waals surface area contributed by atoms with Crippen LogP contribution in [0.5, 0.6) is 0 Å². The zero-order chi connectivity index (χ0) is 12.9. The van der Waals surface area contributed by atoms with E-state index in [1.807, 2.05) is 0 Å². The summed E-state index contributed by atoms with van der Waals surface area (Å²) in [5, 5.41) is 3.46. The van der Waals surface area contributed by atoms with Crippen molar-refractivity contribution < 1.29 is 0 Å². The van der Waals surface area contributed by atoms with Crippen molar-refractivity contribution in [3.05, 3.63) is 24.0 Å². The van der Waals surface area contributed by atoms with Crippen molar-refractivity contribution in [2.75, 3.05) is 13.6 Å². The summed E-state index contributed by atoms with van der Waals surface area (Å²) in [4.78, 5) is 3.51. The van der Waals surface area contributed by atoms with Gasteiger partial charge in [0.15, 0.2) is 0 Å². The van der Waals surface area contributed by atoms with Gasteiger partial charge in [-0.25, -0.2) is 0 Å². The maximum absolute atomic E-state index is 3.51. The minimum absolute atomic E-state index is 0.600. The SMILES string of the molecule is CNCC(c1ccc[nH]1)C12CC3CC(CC(C3)C1)C2. The van der Waals surface area contributed by atoms with Gasteiger partial charge in [-0.1, -0.05) is 0 Å². The van der Waals surface area contributed by atoms with Crippen LogP contribution < -0.4 is 5.32 Å². The highest BCUT2D eigenvalue weighted by Crippen LogP contribution is 2.64. The monoisotopic (exact) mass is 258 g/mol. The molecule has 0 spiro atoms. The summed E-state index contributed by atoms with van der Waals surface area (Å²) < 4.78 is 0. The van der Waals surface area contributed by atoms with Gasteiger partial charge < -0.3 is 10.3 Å². The molecule has 104 valence electrons. The molecule has 4 fully saturated rings. The Labute approximate surface area is 116 Å². The van der Waals surface area contributed by atoms with Crippen molar-refractivity contribution in [2.24, 2.45) is 23.2 Å². The average molecular weight is 258 g/mol. The highest BCUT2D eigenvalue weighted by atomic mass is 14.8. The second-order valence-corrected chi connectivity index (χ2v) is 7.52. The van der Waals surface area contributed by atoms with E-state index in [1.165, 1.54) is 44.2 Å². The second kappa shape index (κ2) is 4.37. The van der Waals surface area contributed by atoms with Crippen LogP contribution in [-0.2, 0) is 0 Å². The maximum Gasteiger partial charge on any atom is 0.0197 e. The lowest BCUT2D eigenvalue weighted by Crippen LogP contribution is -2.50. The maximum atomic E-state index is 3.51. The molecule has 0 saturated heterocycles. The number of nitrogens with one attached hydrogen (secondary N) is 2. The van der Waals surface area contributed by atoms with Crippen molar-refractivity contribution in [3.63, 3.8) is 0 Å². The molecule has 4 saturated carbocycles. The van der Waals surface area contributed by atoms with E-state index in [9.17, 15) is 0 Å². The van der Waals surface area contributed by atoms with Crippen LogP contribution in [0.4, 0.5) is 0 Å². The van der Waals surface area contributed by atoms with Crippen molar-refractivity contribution in [1.82, 2.24) is 10.3 Å². The van der Waals surface area contributed by atoms with Gasteiger partial charge in [0, 0.05) is 24.4 Å². The summed E-state index contributed by atoms with van der Waals surface area (Å²) in [7, 11) is 2.11. The molecule has 1 aromatic heterocycles. The van der Waals surface area contributed by atoms with Crippen LogP contribution in [0, 0.1) is 23.2 Å². The highest BCUT2D eigenvalue weighted by molar-refractivity contribution is 5.18. The highest BCUT2D eigenvalue weighted by Gasteiger charge is 2.54. The Morgan fingerprint density at radius 1 is 1.21 bits per heavy atom. The molecular weight excluding hydrogens is 232 g/mol. The standard InChI is InChI=1S/C17H26N2/c1-18-11-15(16-3-2-4-19-16)17-8-12-5-13(9-17)7-14(6-12)10-17/h2-4,12-15,18-19H,5-11H2,1H3.